The molecule has 0 amide bonds. The van der Waals surface area contributed by atoms with E-state index in [-0.39, 0.29) is 23.7 Å². The van der Waals surface area contributed by atoms with Gasteiger partial charge in [-0.3, -0.25) is 10.1 Å². The van der Waals surface area contributed by atoms with Crippen molar-refractivity contribution < 1.29 is 19.4 Å². The molecular weight excluding hydrogens is 258 g/mol. The summed E-state index contributed by atoms with van der Waals surface area (Å²) in [4.78, 5) is 11.8. The van der Waals surface area contributed by atoms with E-state index in [2.05, 4.69) is 5.32 Å². The third kappa shape index (κ3) is 3.87. The van der Waals surface area contributed by atoms with Gasteiger partial charge in [-0.25, -0.2) is 0 Å². The zero-order valence-electron chi connectivity index (χ0n) is 12.6. The first-order valence-electron chi connectivity index (χ1n) is 6.61. The Morgan fingerprint density at radius 1 is 1.25 bits per heavy atom. The van der Waals surface area contributed by atoms with Gasteiger partial charge in [0.1, 0.15) is 17.5 Å². The number of rotatable bonds is 6. The molecule has 0 saturated carbocycles. The monoisotopic (exact) mass is 281 g/mol. The zero-order chi connectivity index (χ0) is 15.3. The molecule has 0 bridgehead atoms. The summed E-state index contributed by atoms with van der Waals surface area (Å²) in [6.07, 6.45) is 0. The first-order chi connectivity index (χ1) is 9.40. The van der Waals surface area contributed by atoms with E-state index in [1.807, 2.05) is 20.8 Å². The third-order valence-corrected chi connectivity index (χ3v) is 3.25. The van der Waals surface area contributed by atoms with E-state index < -0.39 is 6.04 Å². The lowest BCUT2D eigenvalue weighted by Gasteiger charge is -2.25. The molecule has 5 nitrogen and oxygen atoms in total. The van der Waals surface area contributed by atoms with Crippen molar-refractivity contribution in [1.82, 2.24) is 5.32 Å². The second kappa shape index (κ2) is 7.14. The maximum Gasteiger partial charge on any atom is 0.323 e. The van der Waals surface area contributed by atoms with Crippen molar-refractivity contribution in [3.63, 3.8) is 0 Å². The molecule has 2 N–H and O–H groups in total. The van der Waals surface area contributed by atoms with E-state index in [1.54, 1.807) is 25.3 Å². The molecule has 0 aliphatic carbocycles. The van der Waals surface area contributed by atoms with Gasteiger partial charge < -0.3 is 14.6 Å². The summed E-state index contributed by atoms with van der Waals surface area (Å²) in [5.74, 6) is 0.593. The van der Waals surface area contributed by atoms with Crippen molar-refractivity contribution in [2.24, 2.45) is 5.92 Å². The Morgan fingerprint density at radius 3 is 2.40 bits per heavy atom. The van der Waals surface area contributed by atoms with Crippen LogP contribution in [0.25, 0.3) is 0 Å². The molecule has 0 fully saturated rings. The molecule has 0 heterocycles. The highest BCUT2D eigenvalue weighted by molar-refractivity contribution is 5.76. The normalized spacial score (nSPS) is 13.9. The predicted octanol–water partition coefficient (Wildman–Crippen LogP) is 2.25. The summed E-state index contributed by atoms with van der Waals surface area (Å²) in [5.41, 5.74) is 0.680. The molecule has 0 radical (unpaired) electrons. The van der Waals surface area contributed by atoms with Crippen LogP contribution in [0, 0.1) is 5.92 Å². The number of aromatic hydroxyl groups is 1. The van der Waals surface area contributed by atoms with Crippen LogP contribution >= 0.6 is 0 Å². The van der Waals surface area contributed by atoms with Crippen molar-refractivity contribution >= 4 is 5.97 Å². The Hall–Kier alpha value is -1.75. The molecular formula is C15H23NO4. The fourth-order valence-corrected chi connectivity index (χ4v) is 2.03. The van der Waals surface area contributed by atoms with Gasteiger partial charge in [0.25, 0.3) is 0 Å². The van der Waals surface area contributed by atoms with Crippen LogP contribution < -0.4 is 10.1 Å². The maximum atomic E-state index is 11.8. The minimum atomic E-state index is -0.430. The second-order valence-electron chi connectivity index (χ2n) is 5.06. The number of nitrogens with one attached hydrogen (secondary N) is 1. The Labute approximate surface area is 119 Å². The number of esters is 1. The average Bonchev–Trinajstić information content (AvgIpc) is 2.43. The number of carbonyl (C=O) groups is 1. The van der Waals surface area contributed by atoms with E-state index in [4.69, 9.17) is 9.47 Å². The van der Waals surface area contributed by atoms with Crippen molar-refractivity contribution in [2.75, 3.05) is 14.2 Å². The number of hydrogen-bond donors (Lipinski definition) is 2. The molecule has 1 rings (SSSR count). The summed E-state index contributed by atoms with van der Waals surface area (Å²) >= 11 is 0. The lowest BCUT2D eigenvalue weighted by atomic mass is 10.0. The summed E-state index contributed by atoms with van der Waals surface area (Å²) in [6, 6.07) is 4.37. The van der Waals surface area contributed by atoms with Gasteiger partial charge in [0, 0.05) is 11.6 Å². The minimum Gasteiger partial charge on any atom is -0.508 e. The number of hydrogen-bond acceptors (Lipinski definition) is 5. The summed E-state index contributed by atoms with van der Waals surface area (Å²) in [5, 5.41) is 13.1. The van der Waals surface area contributed by atoms with Crippen molar-refractivity contribution in [3.05, 3.63) is 23.8 Å². The number of phenols is 1. The van der Waals surface area contributed by atoms with Gasteiger partial charge >= 0.3 is 5.97 Å². The molecule has 0 aliphatic heterocycles. The van der Waals surface area contributed by atoms with Crippen LogP contribution in [0.4, 0.5) is 0 Å². The van der Waals surface area contributed by atoms with E-state index in [1.165, 1.54) is 7.11 Å². The largest absolute Gasteiger partial charge is 0.508 e. The van der Waals surface area contributed by atoms with Gasteiger partial charge in [-0.1, -0.05) is 13.8 Å². The van der Waals surface area contributed by atoms with Crippen LogP contribution in [0.3, 0.4) is 0 Å². The van der Waals surface area contributed by atoms with Crippen molar-refractivity contribution in [2.45, 2.75) is 32.9 Å². The van der Waals surface area contributed by atoms with E-state index in [0.29, 0.717) is 11.3 Å². The van der Waals surface area contributed by atoms with Crippen LogP contribution in [0.1, 0.15) is 32.4 Å². The lowest BCUT2D eigenvalue weighted by Crippen LogP contribution is -2.42. The third-order valence-electron chi connectivity index (χ3n) is 3.25. The van der Waals surface area contributed by atoms with Crippen LogP contribution in [-0.2, 0) is 9.53 Å². The molecule has 0 aliphatic rings. The van der Waals surface area contributed by atoms with Crippen molar-refractivity contribution in [1.29, 1.82) is 0 Å². The van der Waals surface area contributed by atoms with Crippen LogP contribution in [0.15, 0.2) is 18.2 Å². The smallest absolute Gasteiger partial charge is 0.323 e. The standard InChI is InChI=1S/C15H23NO4/c1-9(2)14(15(18)20-5)16-10(3)12-8-11(19-4)6-7-13(12)17/h6-10,14,16-17H,1-5H3/t10?,14-/m0/s1. The summed E-state index contributed by atoms with van der Waals surface area (Å²) < 4.78 is 9.95. The fourth-order valence-electron chi connectivity index (χ4n) is 2.03. The molecule has 0 saturated heterocycles. The van der Waals surface area contributed by atoms with Gasteiger partial charge in [-0.05, 0) is 31.0 Å². The topological polar surface area (TPSA) is 67.8 Å². The molecule has 5 heteroatoms. The molecule has 2 atom stereocenters. The molecule has 20 heavy (non-hydrogen) atoms. The van der Waals surface area contributed by atoms with Gasteiger partial charge in [-0.2, -0.15) is 0 Å². The highest BCUT2D eigenvalue weighted by Gasteiger charge is 2.25. The molecule has 1 unspecified atom stereocenters. The SMILES string of the molecule is COC(=O)[C@@H](NC(C)c1cc(OC)ccc1O)C(C)C. The quantitative estimate of drug-likeness (QED) is 0.783. The molecule has 112 valence electrons. The Morgan fingerprint density at radius 2 is 1.90 bits per heavy atom. The molecule has 1 aromatic rings. The van der Waals surface area contributed by atoms with E-state index in [0.717, 1.165) is 0 Å². The zero-order valence-corrected chi connectivity index (χ0v) is 12.6. The fraction of sp³-hybridized carbons (Fsp3) is 0.533. The Kier molecular flexibility index (Phi) is 5.82. The lowest BCUT2D eigenvalue weighted by molar-refractivity contribution is -0.144. The Balaban J connectivity index is 2.93. The average molecular weight is 281 g/mol. The van der Waals surface area contributed by atoms with Gasteiger partial charge in [0.05, 0.1) is 14.2 Å². The van der Waals surface area contributed by atoms with Gasteiger partial charge in [0.2, 0.25) is 0 Å². The highest BCUT2D eigenvalue weighted by Crippen LogP contribution is 2.29. The number of phenolic OH excluding ortho intramolecular Hbond substituents is 1. The maximum absolute atomic E-state index is 11.8. The predicted molar refractivity (Wildman–Crippen MR) is 76.9 cm³/mol. The van der Waals surface area contributed by atoms with Crippen LogP contribution in [-0.4, -0.2) is 31.3 Å². The van der Waals surface area contributed by atoms with Gasteiger partial charge in [-0.15, -0.1) is 0 Å². The molecule has 0 aromatic heterocycles. The summed E-state index contributed by atoms with van der Waals surface area (Å²) in [7, 11) is 2.94. The van der Waals surface area contributed by atoms with Crippen LogP contribution in [0.2, 0.25) is 0 Å². The first kappa shape index (κ1) is 16.3. The van der Waals surface area contributed by atoms with Crippen LogP contribution in [0.5, 0.6) is 11.5 Å². The molecule has 1 aromatic carbocycles. The number of methoxy groups -OCH3 is 2. The first-order valence-corrected chi connectivity index (χ1v) is 6.61. The van der Waals surface area contributed by atoms with Crippen molar-refractivity contribution in [3.8, 4) is 11.5 Å². The van der Waals surface area contributed by atoms with Gasteiger partial charge in [0.15, 0.2) is 0 Å². The number of ether oxygens (including phenoxy) is 2. The molecule has 0 spiro atoms. The number of benzene rings is 1. The minimum absolute atomic E-state index is 0.0812. The van der Waals surface area contributed by atoms with E-state index >= 15 is 0 Å². The van der Waals surface area contributed by atoms with E-state index in [9.17, 15) is 9.90 Å². The summed E-state index contributed by atoms with van der Waals surface area (Å²) in [6.45, 7) is 5.76. The number of carbonyl (C=O) groups excluding carboxylic acids is 1. The Bertz CT molecular complexity index is 459. The highest BCUT2D eigenvalue weighted by atomic mass is 16.5. The second-order valence-corrected chi connectivity index (χ2v) is 5.06.